The summed E-state index contributed by atoms with van der Waals surface area (Å²) in [5.74, 6) is -0.145. The van der Waals surface area contributed by atoms with Gasteiger partial charge in [-0.25, -0.2) is 0 Å². The lowest BCUT2D eigenvalue weighted by molar-refractivity contribution is 0.0924. The van der Waals surface area contributed by atoms with Crippen LogP contribution in [0.2, 0.25) is 0 Å². The second kappa shape index (κ2) is 5.45. The molecule has 0 aliphatic rings. The van der Waals surface area contributed by atoms with Gasteiger partial charge in [-0.1, -0.05) is 6.07 Å². The predicted molar refractivity (Wildman–Crippen MR) is 76.3 cm³/mol. The number of hydrogen-bond acceptors (Lipinski definition) is 2. The molecular formula is C15H20N2O2. The van der Waals surface area contributed by atoms with Crippen molar-refractivity contribution in [2.75, 3.05) is 6.61 Å². The summed E-state index contributed by atoms with van der Waals surface area (Å²) < 4.78 is 2.14. The average molecular weight is 260 g/mol. The fourth-order valence-corrected chi connectivity index (χ4v) is 2.18. The topological polar surface area (TPSA) is 54.3 Å². The van der Waals surface area contributed by atoms with Crippen molar-refractivity contribution in [3.63, 3.8) is 0 Å². The van der Waals surface area contributed by atoms with Crippen molar-refractivity contribution in [3.8, 4) is 0 Å². The summed E-state index contributed by atoms with van der Waals surface area (Å²) in [5, 5.41) is 12.7. The van der Waals surface area contributed by atoms with Crippen LogP contribution in [0.25, 0.3) is 10.9 Å². The Morgan fingerprint density at radius 3 is 2.68 bits per heavy atom. The Bertz CT molecular complexity index is 587. The molecule has 19 heavy (non-hydrogen) atoms. The summed E-state index contributed by atoms with van der Waals surface area (Å²) in [6.45, 7) is 5.94. The van der Waals surface area contributed by atoms with Crippen molar-refractivity contribution in [2.45, 2.75) is 32.9 Å². The molecule has 0 radical (unpaired) electrons. The maximum atomic E-state index is 12.2. The summed E-state index contributed by atoms with van der Waals surface area (Å²) >= 11 is 0. The Hall–Kier alpha value is -1.81. The average Bonchev–Trinajstić information content (AvgIpc) is 2.81. The van der Waals surface area contributed by atoms with Gasteiger partial charge < -0.3 is 15.0 Å². The molecule has 0 aliphatic carbocycles. The third-order valence-electron chi connectivity index (χ3n) is 3.22. The minimum Gasteiger partial charge on any atom is -0.394 e. The number of benzene rings is 1. The van der Waals surface area contributed by atoms with Gasteiger partial charge in [-0.2, -0.15) is 0 Å². The number of nitrogens with zero attached hydrogens (tertiary/aromatic N) is 1. The summed E-state index contributed by atoms with van der Waals surface area (Å²) in [6.07, 6.45) is 2.00. The van der Waals surface area contributed by atoms with E-state index in [2.05, 4.69) is 23.7 Å². The predicted octanol–water partition coefficient (Wildman–Crippen LogP) is 2.33. The number of aliphatic hydroxyl groups excluding tert-OH is 1. The van der Waals surface area contributed by atoms with Crippen LogP contribution < -0.4 is 5.32 Å². The van der Waals surface area contributed by atoms with Crippen LogP contribution in [0.4, 0.5) is 0 Å². The van der Waals surface area contributed by atoms with Crippen molar-refractivity contribution in [1.29, 1.82) is 0 Å². The fraction of sp³-hybridized carbons (Fsp3) is 0.400. The minimum absolute atomic E-state index is 0.0608. The molecule has 1 amide bonds. The van der Waals surface area contributed by atoms with Crippen LogP contribution in [0.5, 0.6) is 0 Å². The number of carbonyl (C=O) groups is 1. The van der Waals surface area contributed by atoms with E-state index in [1.165, 1.54) is 0 Å². The number of nitrogens with one attached hydrogen (secondary N) is 1. The third-order valence-corrected chi connectivity index (χ3v) is 3.22. The van der Waals surface area contributed by atoms with Crippen LogP contribution in [0.1, 0.15) is 37.2 Å². The molecule has 2 N–H and O–H groups in total. The van der Waals surface area contributed by atoms with Gasteiger partial charge in [0.05, 0.1) is 6.61 Å². The monoisotopic (exact) mass is 260 g/mol. The summed E-state index contributed by atoms with van der Waals surface area (Å²) in [5.41, 5.74) is 1.71. The lowest BCUT2D eigenvalue weighted by Crippen LogP contribution is -2.35. The molecule has 4 nitrogen and oxygen atoms in total. The van der Waals surface area contributed by atoms with Gasteiger partial charge in [-0.05, 0) is 39.0 Å². The van der Waals surface area contributed by atoms with Crippen molar-refractivity contribution < 1.29 is 9.90 Å². The van der Waals surface area contributed by atoms with Gasteiger partial charge in [-0.3, -0.25) is 4.79 Å². The number of rotatable bonds is 4. The van der Waals surface area contributed by atoms with Crippen LogP contribution in [0, 0.1) is 0 Å². The van der Waals surface area contributed by atoms with Gasteiger partial charge in [0.1, 0.15) is 0 Å². The van der Waals surface area contributed by atoms with E-state index in [0.29, 0.717) is 11.6 Å². The Balaban J connectivity index is 2.42. The lowest BCUT2D eigenvalue weighted by Gasteiger charge is -2.12. The molecule has 0 saturated heterocycles. The zero-order chi connectivity index (χ0) is 14.0. The molecule has 0 spiro atoms. The van der Waals surface area contributed by atoms with Gasteiger partial charge in [0.25, 0.3) is 5.91 Å². The van der Waals surface area contributed by atoms with Crippen molar-refractivity contribution >= 4 is 16.8 Å². The van der Waals surface area contributed by atoms with E-state index in [1.807, 2.05) is 30.5 Å². The first-order valence-corrected chi connectivity index (χ1v) is 6.56. The molecule has 0 bridgehead atoms. The molecule has 1 atom stereocenters. The van der Waals surface area contributed by atoms with Crippen LogP contribution in [-0.2, 0) is 0 Å². The first-order chi connectivity index (χ1) is 9.04. The number of aromatic nitrogens is 1. The van der Waals surface area contributed by atoms with Gasteiger partial charge in [0, 0.05) is 34.7 Å². The molecule has 1 aromatic heterocycles. The molecule has 102 valence electrons. The van der Waals surface area contributed by atoms with Crippen LogP contribution >= 0.6 is 0 Å². The van der Waals surface area contributed by atoms with Gasteiger partial charge in [0.2, 0.25) is 0 Å². The van der Waals surface area contributed by atoms with Crippen molar-refractivity contribution in [3.05, 3.63) is 36.0 Å². The van der Waals surface area contributed by atoms with E-state index >= 15 is 0 Å². The normalized spacial score (nSPS) is 12.9. The summed E-state index contributed by atoms with van der Waals surface area (Å²) in [6, 6.07) is 7.80. The molecule has 0 aliphatic heterocycles. The molecule has 0 unspecified atom stereocenters. The van der Waals surface area contributed by atoms with Gasteiger partial charge in [0.15, 0.2) is 0 Å². The van der Waals surface area contributed by atoms with E-state index in [4.69, 9.17) is 5.11 Å². The lowest BCUT2D eigenvalue weighted by atomic mass is 10.1. The standard InChI is InChI=1S/C15H20N2O2/c1-10(2)17-8-7-12-13(5-4-6-14(12)17)15(19)16-11(3)9-18/h4-8,10-11,18H,9H2,1-3H3,(H,16,19)/t11-/m0/s1. The third kappa shape index (κ3) is 2.63. The highest BCUT2D eigenvalue weighted by Crippen LogP contribution is 2.23. The SMILES string of the molecule is CC(C)n1ccc2c(C(=O)N[C@@H](C)CO)cccc21. The van der Waals surface area contributed by atoms with E-state index in [-0.39, 0.29) is 18.6 Å². The molecule has 1 heterocycles. The Kier molecular flexibility index (Phi) is 3.90. The smallest absolute Gasteiger partial charge is 0.252 e. The van der Waals surface area contributed by atoms with E-state index < -0.39 is 0 Å². The highest BCUT2D eigenvalue weighted by atomic mass is 16.3. The van der Waals surface area contributed by atoms with Crippen molar-refractivity contribution in [1.82, 2.24) is 9.88 Å². The maximum absolute atomic E-state index is 12.2. The molecule has 2 aromatic rings. The first-order valence-electron chi connectivity index (χ1n) is 6.56. The molecule has 0 fully saturated rings. The number of carbonyl (C=O) groups excluding carboxylic acids is 1. The van der Waals surface area contributed by atoms with Crippen molar-refractivity contribution in [2.24, 2.45) is 0 Å². The molecule has 0 saturated carbocycles. The van der Waals surface area contributed by atoms with E-state index in [1.54, 1.807) is 6.92 Å². The molecule has 1 aromatic carbocycles. The van der Waals surface area contributed by atoms with E-state index in [0.717, 1.165) is 10.9 Å². The molecular weight excluding hydrogens is 240 g/mol. The quantitative estimate of drug-likeness (QED) is 0.886. The number of fused-ring (bicyclic) bond motifs is 1. The Morgan fingerprint density at radius 1 is 1.32 bits per heavy atom. The highest BCUT2D eigenvalue weighted by Gasteiger charge is 2.14. The van der Waals surface area contributed by atoms with Crippen LogP contribution in [0.15, 0.2) is 30.5 Å². The van der Waals surface area contributed by atoms with E-state index in [9.17, 15) is 4.79 Å². The molecule has 2 rings (SSSR count). The second-order valence-corrected chi connectivity index (χ2v) is 5.11. The number of amides is 1. The first kappa shape index (κ1) is 13.6. The van der Waals surface area contributed by atoms with Gasteiger partial charge >= 0.3 is 0 Å². The summed E-state index contributed by atoms with van der Waals surface area (Å²) in [7, 11) is 0. The zero-order valence-electron chi connectivity index (χ0n) is 11.6. The maximum Gasteiger partial charge on any atom is 0.252 e. The Morgan fingerprint density at radius 2 is 2.05 bits per heavy atom. The van der Waals surface area contributed by atoms with Gasteiger partial charge in [-0.15, -0.1) is 0 Å². The van der Waals surface area contributed by atoms with Crippen LogP contribution in [-0.4, -0.2) is 28.2 Å². The summed E-state index contributed by atoms with van der Waals surface area (Å²) in [4.78, 5) is 12.2. The minimum atomic E-state index is -0.241. The Labute approximate surface area is 113 Å². The second-order valence-electron chi connectivity index (χ2n) is 5.11. The van der Waals surface area contributed by atoms with Crippen LogP contribution in [0.3, 0.4) is 0 Å². The number of aliphatic hydroxyl groups is 1. The largest absolute Gasteiger partial charge is 0.394 e. The zero-order valence-corrected chi connectivity index (χ0v) is 11.6. The number of hydrogen-bond donors (Lipinski definition) is 2. The molecule has 4 heteroatoms. The highest BCUT2D eigenvalue weighted by molar-refractivity contribution is 6.06. The fourth-order valence-electron chi connectivity index (χ4n) is 2.18.